The highest BCUT2D eigenvalue weighted by atomic mass is 19.4. The molecule has 2 aromatic carbocycles. The van der Waals surface area contributed by atoms with Crippen LogP contribution in [0.2, 0.25) is 0 Å². The smallest absolute Gasteiger partial charge is 0.395 e. The Balaban J connectivity index is 1.51. The van der Waals surface area contributed by atoms with E-state index in [1.807, 2.05) is 29.2 Å². The Hall–Kier alpha value is -2.76. The second kappa shape index (κ2) is 11.0. The lowest BCUT2D eigenvalue weighted by molar-refractivity contribution is -0.191. The van der Waals surface area contributed by atoms with Gasteiger partial charge in [-0.2, -0.15) is 13.2 Å². The van der Waals surface area contributed by atoms with Gasteiger partial charge in [-0.25, -0.2) is 8.78 Å². The molecule has 3 heterocycles. The summed E-state index contributed by atoms with van der Waals surface area (Å²) in [5, 5.41) is 13.5. The van der Waals surface area contributed by atoms with Crippen molar-refractivity contribution in [2.45, 2.75) is 44.1 Å². The molecule has 0 saturated carbocycles. The van der Waals surface area contributed by atoms with E-state index in [4.69, 9.17) is 0 Å². The molecule has 0 spiro atoms. The molecule has 0 aliphatic carbocycles. The highest BCUT2D eigenvalue weighted by Gasteiger charge is 2.45. The molecule has 1 saturated heterocycles. The molecule has 1 aromatic heterocycles. The Labute approximate surface area is 222 Å². The standard InChI is InChI=1S/C28H32F6N4O/c1-16-9-21-20-5-2-3-6-24(20)36-26(21)27(38(16)12-17(15-39)28(32,33)34)25-22(30)10-18(11-23(25)31)35-19-13-37(14-19)8-4-7-29/h2-3,5-6,10-11,16-17,19,27,35-36,39H,4,7-9,12-15H2,1H3. The predicted octanol–water partition coefficient (Wildman–Crippen LogP) is 5.41. The van der Waals surface area contributed by atoms with Crippen molar-refractivity contribution in [3.63, 3.8) is 0 Å². The maximum atomic E-state index is 15.8. The van der Waals surface area contributed by atoms with E-state index >= 15 is 8.78 Å². The van der Waals surface area contributed by atoms with Crippen LogP contribution in [0.5, 0.6) is 0 Å². The van der Waals surface area contributed by atoms with E-state index in [0.29, 0.717) is 38.2 Å². The molecule has 3 atom stereocenters. The molecular weight excluding hydrogens is 522 g/mol. The number of anilines is 1. The number of rotatable bonds is 9. The van der Waals surface area contributed by atoms with E-state index in [-0.39, 0.29) is 17.3 Å². The number of aromatic amines is 1. The van der Waals surface area contributed by atoms with Crippen LogP contribution in [0, 0.1) is 17.6 Å². The van der Waals surface area contributed by atoms with Crippen LogP contribution in [0.3, 0.4) is 0 Å². The first-order valence-corrected chi connectivity index (χ1v) is 13.2. The fraction of sp³-hybridized carbons (Fsp3) is 0.500. The summed E-state index contributed by atoms with van der Waals surface area (Å²) in [5.74, 6) is -3.81. The number of likely N-dealkylation sites (tertiary alicyclic amines) is 1. The summed E-state index contributed by atoms with van der Waals surface area (Å²) in [7, 11) is 0. The first-order chi connectivity index (χ1) is 18.6. The van der Waals surface area contributed by atoms with Gasteiger partial charge in [-0.1, -0.05) is 18.2 Å². The number of H-pyrrole nitrogens is 1. The molecule has 0 radical (unpaired) electrons. The molecule has 5 nitrogen and oxygen atoms in total. The minimum atomic E-state index is -4.68. The van der Waals surface area contributed by atoms with Gasteiger partial charge in [0.1, 0.15) is 11.6 Å². The Kier molecular flexibility index (Phi) is 7.85. The third-order valence-corrected chi connectivity index (χ3v) is 7.92. The number of aromatic nitrogens is 1. The van der Waals surface area contributed by atoms with E-state index in [2.05, 4.69) is 10.3 Å². The number of para-hydroxylation sites is 1. The quantitative estimate of drug-likeness (QED) is 0.310. The number of fused-ring (bicyclic) bond motifs is 3. The lowest BCUT2D eigenvalue weighted by atomic mass is 9.87. The minimum Gasteiger partial charge on any atom is -0.396 e. The van der Waals surface area contributed by atoms with Crippen molar-refractivity contribution < 1.29 is 31.4 Å². The van der Waals surface area contributed by atoms with Gasteiger partial charge >= 0.3 is 6.18 Å². The molecule has 11 heteroatoms. The Morgan fingerprint density at radius 3 is 2.46 bits per heavy atom. The predicted molar refractivity (Wildman–Crippen MR) is 137 cm³/mol. The van der Waals surface area contributed by atoms with Crippen molar-refractivity contribution in [1.29, 1.82) is 0 Å². The molecule has 2 aliphatic rings. The molecule has 3 unspecified atom stereocenters. The van der Waals surface area contributed by atoms with Crippen LogP contribution >= 0.6 is 0 Å². The molecule has 5 rings (SSSR count). The number of hydrogen-bond acceptors (Lipinski definition) is 4. The summed E-state index contributed by atoms with van der Waals surface area (Å²) in [4.78, 5) is 6.70. The second-order valence-corrected chi connectivity index (χ2v) is 10.6. The highest BCUT2D eigenvalue weighted by molar-refractivity contribution is 5.85. The van der Waals surface area contributed by atoms with Crippen molar-refractivity contribution in [3.05, 3.63) is 64.9 Å². The third-order valence-electron chi connectivity index (χ3n) is 7.92. The summed E-state index contributed by atoms with van der Waals surface area (Å²) in [6.45, 7) is 1.45. The second-order valence-electron chi connectivity index (χ2n) is 10.6. The number of alkyl halides is 4. The van der Waals surface area contributed by atoms with Gasteiger partial charge in [0.05, 0.1) is 31.3 Å². The lowest BCUT2D eigenvalue weighted by Crippen LogP contribution is -2.54. The van der Waals surface area contributed by atoms with E-state index < -0.39 is 55.6 Å². The van der Waals surface area contributed by atoms with Crippen molar-refractivity contribution in [3.8, 4) is 0 Å². The van der Waals surface area contributed by atoms with Gasteiger partial charge in [-0.05, 0) is 43.5 Å². The van der Waals surface area contributed by atoms with Crippen LogP contribution < -0.4 is 5.32 Å². The van der Waals surface area contributed by atoms with Gasteiger partial charge in [0.2, 0.25) is 0 Å². The lowest BCUT2D eigenvalue weighted by Gasteiger charge is -2.43. The maximum Gasteiger partial charge on any atom is 0.395 e. The molecule has 0 amide bonds. The Morgan fingerprint density at radius 2 is 1.82 bits per heavy atom. The van der Waals surface area contributed by atoms with Crippen molar-refractivity contribution >= 4 is 16.6 Å². The zero-order chi connectivity index (χ0) is 27.9. The topological polar surface area (TPSA) is 54.5 Å². The van der Waals surface area contributed by atoms with Crippen molar-refractivity contribution in [1.82, 2.24) is 14.8 Å². The van der Waals surface area contributed by atoms with Gasteiger partial charge in [-0.3, -0.25) is 14.2 Å². The molecule has 39 heavy (non-hydrogen) atoms. The number of hydrogen-bond donors (Lipinski definition) is 3. The van der Waals surface area contributed by atoms with E-state index in [1.54, 1.807) is 6.92 Å². The molecule has 3 aromatic rings. The summed E-state index contributed by atoms with van der Waals surface area (Å²) >= 11 is 0. The summed E-state index contributed by atoms with van der Waals surface area (Å²) in [5.41, 5.74) is 1.90. The number of aliphatic hydroxyl groups excluding tert-OH is 1. The van der Waals surface area contributed by atoms with Gasteiger partial charge in [0, 0.05) is 60.1 Å². The summed E-state index contributed by atoms with van der Waals surface area (Å²) in [6, 6.07) is 8.03. The minimum absolute atomic E-state index is 0.0436. The summed E-state index contributed by atoms with van der Waals surface area (Å²) in [6.07, 6.45) is -3.86. The largest absolute Gasteiger partial charge is 0.396 e. The van der Waals surface area contributed by atoms with Crippen LogP contribution in [0.1, 0.15) is 36.2 Å². The fourth-order valence-electron chi connectivity index (χ4n) is 5.91. The number of nitrogens with zero attached hydrogens (tertiary/aromatic N) is 2. The molecule has 3 N–H and O–H groups in total. The monoisotopic (exact) mass is 554 g/mol. The normalized spacial score (nSPS) is 21.6. The Morgan fingerprint density at radius 1 is 1.13 bits per heavy atom. The first kappa shape index (κ1) is 27.8. The van der Waals surface area contributed by atoms with Crippen LogP contribution in [0.15, 0.2) is 36.4 Å². The van der Waals surface area contributed by atoms with E-state index in [1.165, 1.54) is 17.0 Å². The first-order valence-electron chi connectivity index (χ1n) is 13.2. The van der Waals surface area contributed by atoms with Gasteiger partial charge < -0.3 is 15.4 Å². The molecular formula is C28H32F6N4O. The van der Waals surface area contributed by atoms with Gasteiger partial charge in [0.25, 0.3) is 0 Å². The SMILES string of the molecule is CC1Cc2c([nH]c3ccccc23)C(c2c(F)cc(NC3CN(CCCF)C3)cc2F)N1CC(CO)C(F)(F)F. The molecule has 2 aliphatic heterocycles. The van der Waals surface area contributed by atoms with Crippen LogP contribution in [0.4, 0.5) is 32.0 Å². The van der Waals surface area contributed by atoms with Crippen molar-refractivity contribution in [2.75, 3.05) is 44.8 Å². The average molecular weight is 555 g/mol. The van der Waals surface area contributed by atoms with Crippen LogP contribution in [-0.4, -0.2) is 77.6 Å². The Bertz CT molecular complexity index is 1280. The summed E-state index contributed by atoms with van der Waals surface area (Å²) < 4.78 is 85.0. The number of halogens is 6. The number of benzene rings is 2. The zero-order valence-electron chi connectivity index (χ0n) is 21.5. The number of nitrogens with one attached hydrogen (secondary N) is 2. The fourth-order valence-corrected chi connectivity index (χ4v) is 5.91. The highest BCUT2D eigenvalue weighted by Crippen LogP contribution is 2.44. The van der Waals surface area contributed by atoms with Crippen molar-refractivity contribution in [2.24, 2.45) is 5.92 Å². The molecule has 1 fully saturated rings. The average Bonchev–Trinajstić information content (AvgIpc) is 3.21. The van der Waals surface area contributed by atoms with Gasteiger partial charge in [-0.15, -0.1) is 0 Å². The number of aliphatic hydroxyl groups is 1. The molecule has 212 valence electrons. The zero-order valence-corrected chi connectivity index (χ0v) is 21.5. The van der Waals surface area contributed by atoms with E-state index in [0.717, 1.165) is 16.5 Å². The van der Waals surface area contributed by atoms with Crippen LogP contribution in [0.25, 0.3) is 10.9 Å². The van der Waals surface area contributed by atoms with E-state index in [9.17, 15) is 22.7 Å². The third kappa shape index (κ3) is 5.49. The van der Waals surface area contributed by atoms with Crippen LogP contribution in [-0.2, 0) is 6.42 Å². The van der Waals surface area contributed by atoms with Gasteiger partial charge in [0.15, 0.2) is 0 Å². The molecule has 0 bridgehead atoms. The maximum absolute atomic E-state index is 15.8.